The van der Waals surface area contributed by atoms with Crippen LogP contribution in [0.5, 0.6) is 5.75 Å². The molecule has 0 aliphatic heterocycles. The zero-order valence-corrected chi connectivity index (χ0v) is 17.6. The Bertz CT molecular complexity index is 1410. The average Bonchev–Trinajstić information content (AvgIpc) is 2.80. The Morgan fingerprint density at radius 2 is 1.84 bits per heavy atom. The summed E-state index contributed by atoms with van der Waals surface area (Å²) < 4.78 is 7.63. The molecule has 0 aliphatic carbocycles. The van der Waals surface area contributed by atoms with Crippen LogP contribution in [0.4, 0.5) is 5.69 Å². The van der Waals surface area contributed by atoms with Crippen molar-refractivity contribution in [1.82, 2.24) is 19.1 Å². The van der Waals surface area contributed by atoms with Gasteiger partial charge in [-0.05, 0) is 54.4 Å². The number of hydrogen-bond donors (Lipinski definition) is 1. The second-order valence-electron chi connectivity index (χ2n) is 7.24. The molecule has 0 unspecified atom stereocenters. The fraction of sp³-hybridized carbons (Fsp3) is 0.174. The van der Waals surface area contributed by atoms with Crippen molar-refractivity contribution in [3.8, 4) is 5.75 Å². The number of carbonyl (C=O) groups is 1. The van der Waals surface area contributed by atoms with Crippen LogP contribution in [0, 0.1) is 6.92 Å². The van der Waals surface area contributed by atoms with Gasteiger partial charge in [-0.25, -0.2) is 9.78 Å². The minimum atomic E-state index is -0.598. The highest BCUT2D eigenvalue weighted by Crippen LogP contribution is 2.25. The van der Waals surface area contributed by atoms with Gasteiger partial charge in [-0.15, -0.1) is 0 Å². The Morgan fingerprint density at radius 1 is 1.06 bits per heavy atom. The molecule has 1 N–H and O–H groups in total. The van der Waals surface area contributed by atoms with E-state index in [1.54, 1.807) is 48.8 Å². The molecule has 0 saturated carbocycles. The monoisotopic (exact) mass is 431 g/mol. The van der Waals surface area contributed by atoms with E-state index in [2.05, 4.69) is 15.3 Å². The molecule has 0 radical (unpaired) electrons. The number of anilines is 1. The Balaban J connectivity index is 1.75. The molecule has 0 atom stereocenters. The van der Waals surface area contributed by atoms with Gasteiger partial charge in [-0.2, -0.15) is 0 Å². The predicted molar refractivity (Wildman–Crippen MR) is 120 cm³/mol. The lowest BCUT2D eigenvalue weighted by atomic mass is 10.2. The van der Waals surface area contributed by atoms with Gasteiger partial charge in [0.1, 0.15) is 12.3 Å². The minimum absolute atomic E-state index is 0.0417. The van der Waals surface area contributed by atoms with Crippen molar-refractivity contribution in [2.45, 2.75) is 20.0 Å². The Hall–Kier alpha value is -4.27. The molecule has 162 valence electrons. The molecular weight excluding hydrogens is 410 g/mol. The van der Waals surface area contributed by atoms with Gasteiger partial charge in [-0.1, -0.05) is 6.07 Å². The number of methoxy groups -OCH3 is 1. The molecule has 4 aromatic rings. The van der Waals surface area contributed by atoms with Crippen LogP contribution in [0.25, 0.3) is 11.0 Å². The minimum Gasteiger partial charge on any atom is -0.495 e. The molecule has 1 aromatic carbocycles. The zero-order valence-electron chi connectivity index (χ0n) is 17.6. The molecule has 0 aliphatic rings. The molecule has 9 heteroatoms. The van der Waals surface area contributed by atoms with Gasteiger partial charge in [0.2, 0.25) is 5.91 Å². The van der Waals surface area contributed by atoms with E-state index in [0.29, 0.717) is 17.0 Å². The lowest BCUT2D eigenvalue weighted by Crippen LogP contribution is -2.42. The lowest BCUT2D eigenvalue weighted by Gasteiger charge is -2.15. The fourth-order valence-electron chi connectivity index (χ4n) is 3.46. The number of nitrogens with zero attached hydrogens (tertiary/aromatic N) is 4. The van der Waals surface area contributed by atoms with E-state index in [9.17, 15) is 14.4 Å². The highest BCUT2D eigenvalue weighted by atomic mass is 16.5. The van der Waals surface area contributed by atoms with Crippen LogP contribution in [0.3, 0.4) is 0 Å². The molecule has 0 saturated heterocycles. The van der Waals surface area contributed by atoms with E-state index >= 15 is 0 Å². The second-order valence-corrected chi connectivity index (χ2v) is 7.24. The fourth-order valence-corrected chi connectivity index (χ4v) is 3.46. The summed E-state index contributed by atoms with van der Waals surface area (Å²) in [6.45, 7) is 1.64. The van der Waals surface area contributed by atoms with E-state index in [0.717, 1.165) is 15.7 Å². The molecule has 1 amide bonds. The summed E-state index contributed by atoms with van der Waals surface area (Å²) in [5.74, 6) is 0.0701. The number of nitrogens with one attached hydrogen (secondary N) is 1. The van der Waals surface area contributed by atoms with Crippen LogP contribution in [-0.2, 0) is 17.9 Å². The molecule has 32 heavy (non-hydrogen) atoms. The summed E-state index contributed by atoms with van der Waals surface area (Å²) in [5.41, 5.74) is 1.46. The van der Waals surface area contributed by atoms with Crippen LogP contribution in [0.15, 0.2) is 70.6 Å². The van der Waals surface area contributed by atoms with Gasteiger partial charge in [0.05, 0.1) is 24.9 Å². The van der Waals surface area contributed by atoms with Crippen LogP contribution in [-0.4, -0.2) is 32.1 Å². The third-order valence-corrected chi connectivity index (χ3v) is 5.01. The van der Waals surface area contributed by atoms with Gasteiger partial charge in [0, 0.05) is 18.6 Å². The van der Waals surface area contributed by atoms with E-state index in [-0.39, 0.29) is 18.6 Å². The first-order valence-corrected chi connectivity index (χ1v) is 9.89. The summed E-state index contributed by atoms with van der Waals surface area (Å²) in [4.78, 5) is 47.2. The lowest BCUT2D eigenvalue weighted by molar-refractivity contribution is -0.116. The number of fused-ring (bicyclic) bond motifs is 1. The second kappa shape index (κ2) is 8.84. The van der Waals surface area contributed by atoms with E-state index in [1.807, 2.05) is 13.0 Å². The summed E-state index contributed by atoms with van der Waals surface area (Å²) in [7, 11) is 1.51. The van der Waals surface area contributed by atoms with E-state index < -0.39 is 17.2 Å². The number of hydrogen-bond acceptors (Lipinski definition) is 6. The van der Waals surface area contributed by atoms with Crippen molar-refractivity contribution in [3.05, 3.63) is 93.0 Å². The van der Waals surface area contributed by atoms with Crippen LogP contribution < -0.4 is 21.3 Å². The highest BCUT2D eigenvalue weighted by Gasteiger charge is 2.17. The van der Waals surface area contributed by atoms with Gasteiger partial charge < -0.3 is 10.1 Å². The quantitative estimate of drug-likeness (QED) is 0.500. The molecule has 0 fully saturated rings. The third kappa shape index (κ3) is 4.13. The zero-order chi connectivity index (χ0) is 22.7. The Morgan fingerprint density at radius 3 is 2.59 bits per heavy atom. The summed E-state index contributed by atoms with van der Waals surface area (Å²) in [5, 5.41) is 2.79. The number of carbonyl (C=O) groups excluding carboxylic acids is 1. The number of benzene rings is 1. The van der Waals surface area contributed by atoms with E-state index in [4.69, 9.17) is 4.74 Å². The molecule has 3 heterocycles. The molecule has 0 bridgehead atoms. The standard InChI is InChI=1S/C23H21N5O4/c1-15-5-6-19(32-2)17(12-15)26-20(29)14-27-18-4-3-9-25-21(18)22(30)28(23(27)31)13-16-7-10-24-11-8-16/h3-12H,13-14H2,1-2H3,(H,26,29). The SMILES string of the molecule is COc1ccc(C)cc1NC(=O)Cn1c(=O)n(Cc2ccncc2)c(=O)c2ncccc21. The smallest absolute Gasteiger partial charge is 0.332 e. The molecular formula is C23H21N5O4. The van der Waals surface area contributed by atoms with Crippen molar-refractivity contribution in [3.63, 3.8) is 0 Å². The number of aryl methyl sites for hydroxylation is 1. The first-order chi connectivity index (χ1) is 15.5. The summed E-state index contributed by atoms with van der Waals surface area (Å²) in [6, 6.07) is 12.1. The third-order valence-electron chi connectivity index (χ3n) is 5.01. The molecule has 0 spiro atoms. The maximum Gasteiger partial charge on any atom is 0.332 e. The van der Waals surface area contributed by atoms with Gasteiger partial charge in [-0.3, -0.25) is 23.7 Å². The van der Waals surface area contributed by atoms with Crippen molar-refractivity contribution < 1.29 is 9.53 Å². The maximum absolute atomic E-state index is 13.3. The number of aromatic nitrogens is 4. The van der Waals surface area contributed by atoms with Crippen LogP contribution >= 0.6 is 0 Å². The number of ether oxygens (including phenoxy) is 1. The van der Waals surface area contributed by atoms with E-state index in [1.165, 1.54) is 17.9 Å². The van der Waals surface area contributed by atoms with Gasteiger partial charge >= 0.3 is 5.69 Å². The number of pyridine rings is 2. The number of amides is 1. The Kier molecular flexibility index (Phi) is 5.80. The topological polar surface area (TPSA) is 108 Å². The van der Waals surface area contributed by atoms with Crippen molar-refractivity contribution in [2.24, 2.45) is 0 Å². The predicted octanol–water partition coefficient (Wildman–Crippen LogP) is 1.96. The average molecular weight is 431 g/mol. The molecule has 3 aromatic heterocycles. The van der Waals surface area contributed by atoms with Gasteiger partial charge in [0.15, 0.2) is 5.52 Å². The maximum atomic E-state index is 13.3. The van der Waals surface area contributed by atoms with Gasteiger partial charge in [0.25, 0.3) is 5.56 Å². The molecule has 9 nitrogen and oxygen atoms in total. The largest absolute Gasteiger partial charge is 0.495 e. The summed E-state index contributed by atoms with van der Waals surface area (Å²) >= 11 is 0. The Labute approximate surface area is 182 Å². The molecule has 4 rings (SSSR count). The normalized spacial score (nSPS) is 10.8. The summed E-state index contributed by atoms with van der Waals surface area (Å²) in [6.07, 6.45) is 4.65. The van der Waals surface area contributed by atoms with Crippen molar-refractivity contribution in [2.75, 3.05) is 12.4 Å². The first kappa shape index (κ1) is 21.0. The van der Waals surface area contributed by atoms with Crippen LogP contribution in [0.1, 0.15) is 11.1 Å². The van der Waals surface area contributed by atoms with Crippen molar-refractivity contribution in [1.29, 1.82) is 0 Å². The van der Waals surface area contributed by atoms with Crippen LogP contribution in [0.2, 0.25) is 0 Å². The number of rotatable bonds is 6. The highest BCUT2D eigenvalue weighted by molar-refractivity contribution is 5.93. The van der Waals surface area contributed by atoms with Crippen molar-refractivity contribution >= 4 is 22.6 Å². The first-order valence-electron chi connectivity index (χ1n) is 9.89.